The van der Waals surface area contributed by atoms with E-state index in [9.17, 15) is 0 Å². The number of ether oxygens (including phenoxy) is 1. The summed E-state index contributed by atoms with van der Waals surface area (Å²) in [7, 11) is 1.91. The van der Waals surface area contributed by atoms with Crippen LogP contribution in [0.4, 0.5) is 5.82 Å². The molecule has 0 radical (unpaired) electrons. The molecule has 1 aromatic carbocycles. The number of aryl methyl sites for hydroxylation is 1. The Morgan fingerprint density at radius 1 is 1.16 bits per heavy atom. The van der Waals surface area contributed by atoms with Crippen molar-refractivity contribution in [3.05, 3.63) is 77.5 Å². The van der Waals surface area contributed by atoms with Gasteiger partial charge in [0.2, 0.25) is 0 Å². The standard InChI is InChI=1S/C25H31N5O/c1-19-14-23(26-3)29-24(28-19)25(2)11-7-13-30(18-25)16-21-9-4-5-10-22(21)31-17-20-8-6-12-27-15-20/h4-6,8-10,12,14-15H,7,11,13,16-18H2,1-3H3,(H,26,28,29)/t25-/m0/s1. The van der Waals surface area contributed by atoms with Crippen LogP contribution >= 0.6 is 0 Å². The molecule has 0 unspecified atom stereocenters. The fourth-order valence-corrected chi connectivity index (χ4v) is 4.29. The second-order valence-corrected chi connectivity index (χ2v) is 8.60. The van der Waals surface area contributed by atoms with E-state index in [0.717, 1.165) is 61.1 Å². The Morgan fingerprint density at radius 2 is 2.03 bits per heavy atom. The van der Waals surface area contributed by atoms with Gasteiger partial charge in [0.05, 0.1) is 0 Å². The molecule has 0 saturated carbocycles. The van der Waals surface area contributed by atoms with Gasteiger partial charge in [-0.2, -0.15) is 0 Å². The molecule has 1 saturated heterocycles. The maximum absolute atomic E-state index is 6.15. The number of benzene rings is 1. The van der Waals surface area contributed by atoms with E-state index in [-0.39, 0.29) is 5.41 Å². The van der Waals surface area contributed by atoms with Crippen molar-refractivity contribution in [1.29, 1.82) is 0 Å². The molecular weight excluding hydrogens is 386 g/mol. The first-order valence-corrected chi connectivity index (χ1v) is 10.9. The van der Waals surface area contributed by atoms with Crippen LogP contribution in [-0.4, -0.2) is 40.0 Å². The summed E-state index contributed by atoms with van der Waals surface area (Å²) in [5.74, 6) is 2.75. The first kappa shape index (κ1) is 21.2. The Kier molecular flexibility index (Phi) is 6.47. The van der Waals surface area contributed by atoms with E-state index in [1.54, 1.807) is 6.20 Å². The van der Waals surface area contributed by atoms with Gasteiger partial charge in [0.1, 0.15) is 24.0 Å². The maximum atomic E-state index is 6.15. The minimum atomic E-state index is -0.0681. The van der Waals surface area contributed by atoms with Crippen LogP contribution in [0.2, 0.25) is 0 Å². The van der Waals surface area contributed by atoms with Crippen LogP contribution in [0, 0.1) is 6.92 Å². The number of nitrogens with zero attached hydrogens (tertiary/aromatic N) is 4. The molecule has 6 nitrogen and oxygen atoms in total. The molecule has 0 aliphatic carbocycles. The largest absolute Gasteiger partial charge is 0.489 e. The third-order valence-electron chi connectivity index (χ3n) is 5.91. The Hall–Kier alpha value is -2.99. The van der Waals surface area contributed by atoms with Crippen molar-refractivity contribution in [2.24, 2.45) is 0 Å². The van der Waals surface area contributed by atoms with Crippen molar-refractivity contribution in [2.75, 3.05) is 25.5 Å². The van der Waals surface area contributed by atoms with Crippen molar-refractivity contribution < 1.29 is 4.74 Å². The third-order valence-corrected chi connectivity index (χ3v) is 5.91. The summed E-state index contributed by atoms with van der Waals surface area (Å²) in [6, 6.07) is 14.3. The van der Waals surface area contributed by atoms with Gasteiger partial charge in [0.25, 0.3) is 0 Å². The minimum absolute atomic E-state index is 0.0681. The third kappa shape index (κ3) is 5.20. The van der Waals surface area contributed by atoms with Gasteiger partial charge >= 0.3 is 0 Å². The average Bonchev–Trinajstić information content (AvgIpc) is 2.79. The lowest BCUT2D eigenvalue weighted by Crippen LogP contribution is -2.45. The molecule has 4 rings (SSSR count). The number of hydrogen-bond donors (Lipinski definition) is 1. The molecule has 1 atom stereocenters. The van der Waals surface area contributed by atoms with E-state index in [4.69, 9.17) is 14.7 Å². The molecule has 162 valence electrons. The molecule has 0 bridgehead atoms. The number of likely N-dealkylation sites (tertiary alicyclic amines) is 1. The molecule has 3 heterocycles. The van der Waals surface area contributed by atoms with Gasteiger partial charge in [0.15, 0.2) is 0 Å². The fourth-order valence-electron chi connectivity index (χ4n) is 4.29. The van der Waals surface area contributed by atoms with Crippen LogP contribution in [0.15, 0.2) is 54.9 Å². The summed E-state index contributed by atoms with van der Waals surface area (Å²) in [4.78, 5) is 16.3. The lowest BCUT2D eigenvalue weighted by molar-refractivity contribution is 0.142. The first-order valence-electron chi connectivity index (χ1n) is 10.9. The Morgan fingerprint density at radius 3 is 2.84 bits per heavy atom. The summed E-state index contributed by atoms with van der Waals surface area (Å²) in [6.07, 6.45) is 5.85. The highest BCUT2D eigenvalue weighted by Gasteiger charge is 2.35. The predicted octanol–water partition coefficient (Wildman–Crippen LogP) is 4.35. The zero-order chi connectivity index (χ0) is 21.7. The smallest absolute Gasteiger partial charge is 0.138 e. The predicted molar refractivity (Wildman–Crippen MR) is 123 cm³/mol. The second kappa shape index (κ2) is 9.43. The molecule has 0 amide bonds. The van der Waals surface area contributed by atoms with Crippen LogP contribution in [0.3, 0.4) is 0 Å². The van der Waals surface area contributed by atoms with E-state index in [0.29, 0.717) is 6.61 Å². The summed E-state index contributed by atoms with van der Waals surface area (Å²) in [5.41, 5.74) is 3.21. The molecule has 2 aromatic heterocycles. The van der Waals surface area contributed by atoms with Gasteiger partial charge in [-0.25, -0.2) is 9.97 Å². The Balaban J connectivity index is 1.48. The number of para-hydroxylation sites is 1. The van der Waals surface area contributed by atoms with Gasteiger partial charge < -0.3 is 10.1 Å². The molecule has 6 heteroatoms. The quantitative estimate of drug-likeness (QED) is 0.616. The number of nitrogens with one attached hydrogen (secondary N) is 1. The van der Waals surface area contributed by atoms with Gasteiger partial charge in [0, 0.05) is 60.8 Å². The average molecular weight is 418 g/mol. The number of pyridine rings is 1. The minimum Gasteiger partial charge on any atom is -0.489 e. The van der Waals surface area contributed by atoms with E-state index >= 15 is 0 Å². The van der Waals surface area contributed by atoms with Gasteiger partial charge in [-0.3, -0.25) is 9.88 Å². The van der Waals surface area contributed by atoms with Crippen LogP contribution in [0.1, 0.15) is 42.4 Å². The van der Waals surface area contributed by atoms with E-state index in [1.165, 1.54) is 5.56 Å². The molecule has 31 heavy (non-hydrogen) atoms. The van der Waals surface area contributed by atoms with E-state index < -0.39 is 0 Å². The van der Waals surface area contributed by atoms with Gasteiger partial charge in [-0.1, -0.05) is 31.2 Å². The monoisotopic (exact) mass is 417 g/mol. The van der Waals surface area contributed by atoms with Gasteiger partial charge in [-0.05, 0) is 38.4 Å². The number of rotatable bonds is 7. The number of aromatic nitrogens is 3. The van der Waals surface area contributed by atoms with E-state index in [2.05, 4.69) is 40.3 Å². The van der Waals surface area contributed by atoms with Gasteiger partial charge in [-0.15, -0.1) is 0 Å². The fraction of sp³-hybridized carbons (Fsp3) is 0.400. The van der Waals surface area contributed by atoms with Crippen LogP contribution in [-0.2, 0) is 18.6 Å². The van der Waals surface area contributed by atoms with Crippen molar-refractivity contribution in [2.45, 2.75) is 45.3 Å². The van der Waals surface area contributed by atoms with E-state index in [1.807, 2.05) is 44.4 Å². The summed E-state index contributed by atoms with van der Waals surface area (Å²) in [5, 5.41) is 3.16. The first-order chi connectivity index (χ1) is 15.1. The summed E-state index contributed by atoms with van der Waals surface area (Å²) >= 11 is 0. The molecule has 1 aliphatic rings. The summed E-state index contributed by atoms with van der Waals surface area (Å²) < 4.78 is 6.15. The SMILES string of the molecule is CNc1cc(C)nc([C@@]2(C)CCCN(Cc3ccccc3OCc3cccnc3)C2)n1. The maximum Gasteiger partial charge on any atom is 0.138 e. The zero-order valence-corrected chi connectivity index (χ0v) is 18.6. The lowest BCUT2D eigenvalue weighted by Gasteiger charge is -2.39. The van der Waals surface area contributed by atoms with Crippen LogP contribution in [0.5, 0.6) is 5.75 Å². The van der Waals surface area contributed by atoms with Crippen molar-refractivity contribution in [1.82, 2.24) is 19.9 Å². The highest BCUT2D eigenvalue weighted by atomic mass is 16.5. The van der Waals surface area contributed by atoms with Crippen LogP contribution < -0.4 is 10.1 Å². The van der Waals surface area contributed by atoms with Crippen molar-refractivity contribution in [3.8, 4) is 5.75 Å². The highest BCUT2D eigenvalue weighted by molar-refractivity contribution is 5.36. The number of anilines is 1. The zero-order valence-electron chi connectivity index (χ0n) is 18.6. The lowest BCUT2D eigenvalue weighted by atomic mass is 9.80. The Bertz CT molecular complexity index is 1010. The van der Waals surface area contributed by atoms with Crippen LogP contribution in [0.25, 0.3) is 0 Å². The molecule has 1 fully saturated rings. The van der Waals surface area contributed by atoms with Crippen molar-refractivity contribution >= 4 is 5.82 Å². The molecule has 1 N–H and O–H groups in total. The second-order valence-electron chi connectivity index (χ2n) is 8.60. The Labute approximate surface area is 184 Å². The number of hydrogen-bond acceptors (Lipinski definition) is 6. The normalized spacial score (nSPS) is 19.2. The molecule has 1 aliphatic heterocycles. The molecular formula is C25H31N5O. The molecule has 3 aromatic rings. The highest BCUT2D eigenvalue weighted by Crippen LogP contribution is 2.34. The number of piperidine rings is 1. The van der Waals surface area contributed by atoms with Crippen molar-refractivity contribution in [3.63, 3.8) is 0 Å². The topological polar surface area (TPSA) is 63.2 Å². The summed E-state index contributed by atoms with van der Waals surface area (Å²) in [6.45, 7) is 7.69. The molecule has 0 spiro atoms.